The van der Waals surface area contributed by atoms with Crippen molar-refractivity contribution in [2.45, 2.75) is 97.3 Å². The van der Waals surface area contributed by atoms with Gasteiger partial charge in [-0.25, -0.2) is 4.39 Å². The highest BCUT2D eigenvalue weighted by molar-refractivity contribution is 5.75. The van der Waals surface area contributed by atoms with Gasteiger partial charge in [0.15, 0.2) is 11.6 Å². The summed E-state index contributed by atoms with van der Waals surface area (Å²) in [6.07, 6.45) is 15.0. The first-order valence-electron chi connectivity index (χ1n) is 12.9. The van der Waals surface area contributed by atoms with Gasteiger partial charge in [0.25, 0.3) is 0 Å². The molecular weight excluding hydrogens is 399 g/mol. The summed E-state index contributed by atoms with van der Waals surface area (Å²) in [6, 6.07) is 10.1. The molecule has 0 N–H and O–H groups in total. The summed E-state index contributed by atoms with van der Waals surface area (Å²) in [4.78, 5) is 0. The van der Waals surface area contributed by atoms with Gasteiger partial charge < -0.3 is 9.47 Å². The van der Waals surface area contributed by atoms with E-state index in [2.05, 4.69) is 26.0 Å². The van der Waals surface area contributed by atoms with Gasteiger partial charge in [-0.1, -0.05) is 83.8 Å². The van der Waals surface area contributed by atoms with Crippen LogP contribution in [-0.2, 0) is 12.8 Å². The molecule has 2 aromatic rings. The number of fused-ring (bicyclic) bond motifs is 3. The highest BCUT2D eigenvalue weighted by Gasteiger charge is 2.22. The third-order valence-electron chi connectivity index (χ3n) is 6.49. The van der Waals surface area contributed by atoms with E-state index in [0.29, 0.717) is 18.8 Å². The SMILES string of the molecule is CCCCCCCCCOc1ccc2c(c1F)CCc1cc(OCCCCCC)ccc1-2. The Kier molecular flexibility index (Phi) is 10.4. The summed E-state index contributed by atoms with van der Waals surface area (Å²) in [5.41, 5.74) is 4.17. The second-order valence-corrected chi connectivity index (χ2v) is 9.10. The van der Waals surface area contributed by atoms with Gasteiger partial charge in [-0.2, -0.15) is 0 Å². The van der Waals surface area contributed by atoms with Gasteiger partial charge in [-0.05, 0) is 66.1 Å². The van der Waals surface area contributed by atoms with Crippen molar-refractivity contribution in [2.75, 3.05) is 13.2 Å². The molecule has 0 unspecified atom stereocenters. The van der Waals surface area contributed by atoms with Gasteiger partial charge in [0, 0.05) is 0 Å². The molecule has 2 nitrogen and oxygen atoms in total. The smallest absolute Gasteiger partial charge is 0.168 e. The first kappa shape index (κ1) is 24.6. The lowest BCUT2D eigenvalue weighted by atomic mass is 9.85. The molecule has 3 rings (SSSR count). The minimum atomic E-state index is -0.174. The molecule has 0 aromatic heterocycles. The van der Waals surface area contributed by atoms with Gasteiger partial charge >= 0.3 is 0 Å². The van der Waals surface area contributed by atoms with Crippen molar-refractivity contribution in [3.8, 4) is 22.6 Å². The van der Waals surface area contributed by atoms with Crippen molar-refractivity contribution in [2.24, 2.45) is 0 Å². The summed E-state index contributed by atoms with van der Waals surface area (Å²) in [5.74, 6) is 1.16. The van der Waals surface area contributed by atoms with E-state index in [1.807, 2.05) is 18.2 Å². The topological polar surface area (TPSA) is 18.5 Å². The summed E-state index contributed by atoms with van der Waals surface area (Å²) in [7, 11) is 0. The van der Waals surface area contributed by atoms with E-state index >= 15 is 4.39 Å². The second kappa shape index (κ2) is 13.5. The molecule has 0 amide bonds. The molecule has 0 radical (unpaired) electrons. The van der Waals surface area contributed by atoms with E-state index in [1.165, 1.54) is 56.9 Å². The van der Waals surface area contributed by atoms with Crippen LogP contribution in [0.3, 0.4) is 0 Å². The number of hydrogen-bond donors (Lipinski definition) is 0. The largest absolute Gasteiger partial charge is 0.494 e. The lowest BCUT2D eigenvalue weighted by Gasteiger charge is -2.22. The third-order valence-corrected chi connectivity index (χ3v) is 6.49. The van der Waals surface area contributed by atoms with Crippen molar-refractivity contribution in [1.29, 1.82) is 0 Å². The quantitative estimate of drug-likeness (QED) is 0.258. The van der Waals surface area contributed by atoms with Crippen LogP contribution >= 0.6 is 0 Å². The Labute approximate surface area is 194 Å². The summed E-state index contributed by atoms with van der Waals surface area (Å²) < 4.78 is 26.9. The average molecular weight is 441 g/mol. The van der Waals surface area contributed by atoms with E-state index < -0.39 is 0 Å². The highest BCUT2D eigenvalue weighted by Crippen LogP contribution is 2.39. The molecule has 1 aliphatic carbocycles. The summed E-state index contributed by atoms with van der Waals surface area (Å²) in [5, 5.41) is 0. The van der Waals surface area contributed by atoms with Crippen molar-refractivity contribution in [3.63, 3.8) is 0 Å². The van der Waals surface area contributed by atoms with Gasteiger partial charge in [-0.15, -0.1) is 0 Å². The van der Waals surface area contributed by atoms with Gasteiger partial charge in [0.05, 0.1) is 13.2 Å². The number of ether oxygens (including phenoxy) is 2. The van der Waals surface area contributed by atoms with Crippen LogP contribution in [0.5, 0.6) is 11.5 Å². The molecule has 0 bridgehead atoms. The van der Waals surface area contributed by atoms with Crippen molar-refractivity contribution in [1.82, 2.24) is 0 Å². The minimum Gasteiger partial charge on any atom is -0.494 e. The van der Waals surface area contributed by atoms with Crippen molar-refractivity contribution >= 4 is 0 Å². The maximum atomic E-state index is 15.2. The lowest BCUT2D eigenvalue weighted by molar-refractivity contribution is 0.289. The second-order valence-electron chi connectivity index (χ2n) is 9.10. The maximum absolute atomic E-state index is 15.2. The van der Waals surface area contributed by atoms with E-state index in [4.69, 9.17) is 9.47 Å². The molecule has 0 saturated heterocycles. The first-order chi connectivity index (χ1) is 15.7. The molecule has 0 aliphatic heterocycles. The standard InChI is InChI=1S/C29H41FO2/c1-3-5-7-9-10-11-13-21-32-28-19-18-26-25-17-15-24(31-20-12-8-6-4-2)22-23(25)14-16-27(26)29(28)30/h15,17-19,22H,3-14,16,20-21H2,1-2H3. The Morgan fingerprint density at radius 1 is 0.688 bits per heavy atom. The predicted molar refractivity (Wildman–Crippen MR) is 132 cm³/mol. The Morgan fingerprint density at radius 2 is 1.31 bits per heavy atom. The third kappa shape index (κ3) is 6.98. The molecule has 176 valence electrons. The summed E-state index contributed by atoms with van der Waals surface area (Å²) in [6.45, 7) is 5.82. The van der Waals surface area contributed by atoms with Crippen LogP contribution in [0.25, 0.3) is 11.1 Å². The Hall–Kier alpha value is -2.03. The van der Waals surface area contributed by atoms with Crippen molar-refractivity contribution in [3.05, 3.63) is 47.3 Å². The van der Waals surface area contributed by atoms with Crippen LogP contribution in [0.2, 0.25) is 0 Å². The molecule has 2 aromatic carbocycles. The Balaban J connectivity index is 1.53. The molecule has 1 aliphatic rings. The summed E-state index contributed by atoms with van der Waals surface area (Å²) >= 11 is 0. The van der Waals surface area contributed by atoms with Gasteiger partial charge in [0.1, 0.15) is 5.75 Å². The zero-order chi connectivity index (χ0) is 22.6. The normalized spacial score (nSPS) is 12.3. The van der Waals surface area contributed by atoms with Crippen LogP contribution in [0, 0.1) is 5.82 Å². The van der Waals surface area contributed by atoms with E-state index in [9.17, 15) is 0 Å². The van der Waals surface area contributed by atoms with E-state index in [-0.39, 0.29) is 5.82 Å². The first-order valence-corrected chi connectivity index (χ1v) is 12.9. The van der Waals surface area contributed by atoms with E-state index in [1.54, 1.807) is 0 Å². The number of hydrogen-bond acceptors (Lipinski definition) is 2. The number of aryl methyl sites for hydroxylation is 1. The minimum absolute atomic E-state index is 0.174. The van der Waals surface area contributed by atoms with Crippen LogP contribution < -0.4 is 9.47 Å². The molecule has 32 heavy (non-hydrogen) atoms. The van der Waals surface area contributed by atoms with Crippen molar-refractivity contribution < 1.29 is 13.9 Å². The fourth-order valence-electron chi connectivity index (χ4n) is 4.56. The molecular formula is C29H41FO2. The molecule has 0 saturated carbocycles. The molecule has 0 spiro atoms. The van der Waals surface area contributed by atoms with E-state index in [0.717, 1.165) is 54.7 Å². The molecule has 3 heteroatoms. The average Bonchev–Trinajstić information content (AvgIpc) is 2.81. The van der Waals surface area contributed by atoms with Gasteiger partial charge in [0.2, 0.25) is 0 Å². The molecule has 0 heterocycles. The fraction of sp³-hybridized carbons (Fsp3) is 0.586. The highest BCUT2D eigenvalue weighted by atomic mass is 19.1. The fourth-order valence-corrected chi connectivity index (χ4v) is 4.56. The Bertz CT molecular complexity index is 830. The van der Waals surface area contributed by atoms with Crippen LogP contribution in [0.4, 0.5) is 4.39 Å². The molecule has 0 fully saturated rings. The lowest BCUT2D eigenvalue weighted by Crippen LogP contribution is -2.09. The Morgan fingerprint density at radius 3 is 2.06 bits per heavy atom. The monoisotopic (exact) mass is 440 g/mol. The zero-order valence-electron chi connectivity index (χ0n) is 20.2. The number of benzene rings is 2. The predicted octanol–water partition coefficient (Wildman–Crippen LogP) is 8.68. The molecule has 0 atom stereocenters. The zero-order valence-corrected chi connectivity index (χ0v) is 20.2. The van der Waals surface area contributed by atoms with Crippen LogP contribution in [0.1, 0.15) is 95.6 Å². The number of halogens is 1. The van der Waals surface area contributed by atoms with Gasteiger partial charge in [-0.3, -0.25) is 0 Å². The van der Waals surface area contributed by atoms with Crippen LogP contribution in [0.15, 0.2) is 30.3 Å². The number of unbranched alkanes of at least 4 members (excludes halogenated alkanes) is 9. The number of rotatable bonds is 15. The maximum Gasteiger partial charge on any atom is 0.168 e. The van der Waals surface area contributed by atoms with Crippen LogP contribution in [-0.4, -0.2) is 13.2 Å².